The smallest absolute Gasteiger partial charge is 0.146 e. The highest BCUT2D eigenvalue weighted by Crippen LogP contribution is 2.21. The molecule has 0 bridgehead atoms. The van der Waals surface area contributed by atoms with Crippen molar-refractivity contribution >= 4 is 10.5 Å². The summed E-state index contributed by atoms with van der Waals surface area (Å²) in [4.78, 5) is 0. The van der Waals surface area contributed by atoms with Gasteiger partial charge in [0, 0.05) is 0 Å². The SMILES string of the molecule is [SiH3]OCc1cccc(Oc2ccccc2)c1. The van der Waals surface area contributed by atoms with Crippen LogP contribution in [0.2, 0.25) is 0 Å². The Morgan fingerprint density at radius 3 is 2.38 bits per heavy atom. The van der Waals surface area contributed by atoms with Crippen molar-refractivity contribution in [2.24, 2.45) is 0 Å². The molecule has 82 valence electrons. The molecule has 0 saturated carbocycles. The fraction of sp³-hybridized carbons (Fsp3) is 0.0769. The Hall–Kier alpha value is -1.58. The van der Waals surface area contributed by atoms with Crippen LogP contribution in [-0.4, -0.2) is 10.5 Å². The zero-order valence-electron chi connectivity index (χ0n) is 9.22. The summed E-state index contributed by atoms with van der Waals surface area (Å²) in [5.41, 5.74) is 1.14. The molecule has 0 spiro atoms. The molecule has 0 fully saturated rings. The number of para-hydroxylation sites is 1. The quantitative estimate of drug-likeness (QED) is 0.750. The van der Waals surface area contributed by atoms with Gasteiger partial charge in [-0.05, 0) is 29.8 Å². The van der Waals surface area contributed by atoms with Crippen LogP contribution < -0.4 is 4.74 Å². The normalized spacial score (nSPS) is 10.2. The fourth-order valence-corrected chi connectivity index (χ4v) is 1.82. The Balaban J connectivity index is 2.12. The molecule has 0 N–H and O–H groups in total. The molecule has 2 nitrogen and oxygen atoms in total. The maximum atomic E-state index is 5.72. The average Bonchev–Trinajstić information content (AvgIpc) is 2.31. The lowest BCUT2D eigenvalue weighted by molar-refractivity contribution is 0.337. The standard InChI is InChI=1S/C13H14O2Si/c16-14-10-11-5-4-8-13(9-11)15-12-6-2-1-3-7-12/h1-9H,10H2,16H3. The predicted molar refractivity (Wildman–Crippen MR) is 67.7 cm³/mol. The van der Waals surface area contributed by atoms with Gasteiger partial charge in [0.2, 0.25) is 0 Å². The van der Waals surface area contributed by atoms with Crippen molar-refractivity contribution in [3.63, 3.8) is 0 Å². The summed E-state index contributed by atoms with van der Waals surface area (Å²) in [5.74, 6) is 1.70. The van der Waals surface area contributed by atoms with Gasteiger partial charge in [0.15, 0.2) is 0 Å². The van der Waals surface area contributed by atoms with E-state index >= 15 is 0 Å². The Labute approximate surface area is 98.4 Å². The average molecular weight is 230 g/mol. The molecule has 0 heterocycles. The number of hydrogen-bond donors (Lipinski definition) is 0. The monoisotopic (exact) mass is 230 g/mol. The second-order valence-electron chi connectivity index (χ2n) is 3.50. The van der Waals surface area contributed by atoms with Crippen molar-refractivity contribution in [3.8, 4) is 11.5 Å². The summed E-state index contributed by atoms with van der Waals surface area (Å²) in [5, 5.41) is 0. The van der Waals surface area contributed by atoms with Gasteiger partial charge in [-0.15, -0.1) is 0 Å². The lowest BCUT2D eigenvalue weighted by Gasteiger charge is -2.07. The molecule has 3 heteroatoms. The van der Waals surface area contributed by atoms with E-state index in [2.05, 4.69) is 0 Å². The first-order valence-electron chi connectivity index (χ1n) is 5.19. The molecular weight excluding hydrogens is 216 g/mol. The molecule has 2 aromatic carbocycles. The Bertz CT molecular complexity index is 443. The van der Waals surface area contributed by atoms with Gasteiger partial charge in [0.05, 0.1) is 6.61 Å². The predicted octanol–water partition coefficient (Wildman–Crippen LogP) is 2.28. The van der Waals surface area contributed by atoms with Crippen molar-refractivity contribution in [1.29, 1.82) is 0 Å². The number of ether oxygens (including phenoxy) is 1. The lowest BCUT2D eigenvalue weighted by atomic mass is 10.2. The maximum Gasteiger partial charge on any atom is 0.146 e. The number of rotatable bonds is 4. The molecule has 0 saturated heterocycles. The van der Waals surface area contributed by atoms with Crippen LogP contribution in [-0.2, 0) is 11.0 Å². The van der Waals surface area contributed by atoms with Gasteiger partial charge >= 0.3 is 0 Å². The molecule has 0 aliphatic carbocycles. The second-order valence-corrected chi connectivity index (χ2v) is 4.07. The molecule has 0 amide bonds. The van der Waals surface area contributed by atoms with Gasteiger partial charge in [-0.25, -0.2) is 0 Å². The summed E-state index contributed by atoms with van der Waals surface area (Å²) in [6, 6.07) is 17.7. The third kappa shape index (κ3) is 2.95. The highest BCUT2D eigenvalue weighted by atomic mass is 28.2. The number of hydrogen-bond acceptors (Lipinski definition) is 2. The highest BCUT2D eigenvalue weighted by molar-refractivity contribution is 5.97. The summed E-state index contributed by atoms with van der Waals surface area (Å²) >= 11 is 0. The first-order chi connectivity index (χ1) is 7.88. The van der Waals surface area contributed by atoms with E-state index in [-0.39, 0.29) is 0 Å². The zero-order chi connectivity index (χ0) is 11.2. The van der Waals surface area contributed by atoms with Gasteiger partial charge in [0.25, 0.3) is 0 Å². The van der Waals surface area contributed by atoms with E-state index < -0.39 is 0 Å². The minimum Gasteiger partial charge on any atom is -0.457 e. The van der Waals surface area contributed by atoms with Crippen LogP contribution in [0, 0.1) is 0 Å². The first kappa shape index (κ1) is 10.9. The van der Waals surface area contributed by atoms with Crippen LogP contribution >= 0.6 is 0 Å². The van der Waals surface area contributed by atoms with Gasteiger partial charge in [-0.1, -0.05) is 30.3 Å². The van der Waals surface area contributed by atoms with E-state index in [4.69, 9.17) is 9.16 Å². The Kier molecular flexibility index (Phi) is 3.74. The summed E-state index contributed by atoms with van der Waals surface area (Å²) < 4.78 is 10.9. The molecule has 2 rings (SSSR count). The second kappa shape index (κ2) is 5.49. The summed E-state index contributed by atoms with van der Waals surface area (Å²) in [6.45, 7) is 0.665. The topological polar surface area (TPSA) is 18.5 Å². The summed E-state index contributed by atoms with van der Waals surface area (Å²) in [6.07, 6.45) is 0. The molecule has 0 radical (unpaired) electrons. The van der Waals surface area contributed by atoms with E-state index in [1.54, 1.807) is 0 Å². The molecular formula is C13H14O2Si. The van der Waals surface area contributed by atoms with Crippen molar-refractivity contribution in [1.82, 2.24) is 0 Å². The van der Waals surface area contributed by atoms with E-state index in [9.17, 15) is 0 Å². The highest BCUT2D eigenvalue weighted by Gasteiger charge is 1.97. The van der Waals surface area contributed by atoms with Crippen molar-refractivity contribution < 1.29 is 9.16 Å². The minimum atomic E-state index is 0.665. The van der Waals surface area contributed by atoms with Crippen LogP contribution in [0.3, 0.4) is 0 Å². The Morgan fingerprint density at radius 2 is 1.62 bits per heavy atom. The third-order valence-corrected chi connectivity index (χ3v) is 2.48. The van der Waals surface area contributed by atoms with E-state index in [0.29, 0.717) is 6.61 Å². The van der Waals surface area contributed by atoms with Crippen molar-refractivity contribution in [2.45, 2.75) is 6.61 Å². The molecule has 2 aromatic rings. The van der Waals surface area contributed by atoms with Gasteiger partial charge in [0.1, 0.15) is 22.0 Å². The van der Waals surface area contributed by atoms with Crippen molar-refractivity contribution in [2.75, 3.05) is 0 Å². The largest absolute Gasteiger partial charge is 0.457 e. The minimum absolute atomic E-state index is 0.665. The fourth-order valence-electron chi connectivity index (χ4n) is 1.49. The molecule has 0 aliphatic rings. The van der Waals surface area contributed by atoms with Crippen LogP contribution in [0.4, 0.5) is 0 Å². The number of benzene rings is 2. The first-order valence-corrected chi connectivity index (χ1v) is 6.01. The van der Waals surface area contributed by atoms with E-state index in [1.165, 1.54) is 0 Å². The molecule has 0 atom stereocenters. The molecule has 0 aromatic heterocycles. The third-order valence-electron chi connectivity index (χ3n) is 2.19. The Morgan fingerprint density at radius 1 is 0.875 bits per heavy atom. The molecule has 0 aliphatic heterocycles. The molecule has 0 unspecified atom stereocenters. The van der Waals surface area contributed by atoms with E-state index in [0.717, 1.165) is 27.5 Å². The van der Waals surface area contributed by atoms with Gasteiger partial charge in [-0.3, -0.25) is 0 Å². The van der Waals surface area contributed by atoms with Gasteiger partial charge in [-0.2, -0.15) is 0 Å². The van der Waals surface area contributed by atoms with Crippen LogP contribution in [0.1, 0.15) is 5.56 Å². The van der Waals surface area contributed by atoms with E-state index in [1.807, 2.05) is 54.6 Å². The maximum absolute atomic E-state index is 5.72. The molecule has 16 heavy (non-hydrogen) atoms. The van der Waals surface area contributed by atoms with Crippen LogP contribution in [0.15, 0.2) is 54.6 Å². The zero-order valence-corrected chi connectivity index (χ0v) is 11.2. The van der Waals surface area contributed by atoms with Crippen LogP contribution in [0.5, 0.6) is 11.5 Å². The lowest BCUT2D eigenvalue weighted by Crippen LogP contribution is -1.89. The van der Waals surface area contributed by atoms with Crippen LogP contribution in [0.25, 0.3) is 0 Å². The van der Waals surface area contributed by atoms with Crippen molar-refractivity contribution in [3.05, 3.63) is 60.2 Å². The van der Waals surface area contributed by atoms with Gasteiger partial charge < -0.3 is 9.16 Å². The summed E-state index contributed by atoms with van der Waals surface area (Å²) in [7, 11) is 0.758.